The number of hydrogen-bond acceptors (Lipinski definition) is 5. The van der Waals surface area contributed by atoms with Crippen molar-refractivity contribution in [3.8, 4) is 6.01 Å². The van der Waals surface area contributed by atoms with Gasteiger partial charge in [-0.1, -0.05) is 18.2 Å². The van der Waals surface area contributed by atoms with Crippen LogP contribution in [-0.2, 0) is 4.79 Å². The van der Waals surface area contributed by atoms with E-state index < -0.39 is 18.7 Å². The Kier molecular flexibility index (Phi) is 5.53. The molecule has 28 heavy (non-hydrogen) atoms. The van der Waals surface area contributed by atoms with Gasteiger partial charge in [0.1, 0.15) is 5.82 Å². The molecule has 1 aliphatic heterocycles. The summed E-state index contributed by atoms with van der Waals surface area (Å²) in [5.41, 5.74) is 2.04. The average molecular weight is 392 g/mol. The number of alkyl halides is 3. The number of benzene rings is 1. The number of aromatic nitrogens is 2. The molecule has 0 saturated carbocycles. The molecule has 1 aromatic carbocycles. The SMILES string of the molecule is C=CC(=O)Nc1ccc2c(N3CC/C(=C/C)C3)nc(OCC(F)(F)F)nc2c1. The molecule has 148 valence electrons. The van der Waals surface area contributed by atoms with Crippen molar-refractivity contribution in [3.05, 3.63) is 42.5 Å². The molecular formula is C19H19F3N4O2. The number of rotatable bonds is 5. The molecule has 0 aliphatic carbocycles. The molecule has 0 radical (unpaired) electrons. The topological polar surface area (TPSA) is 67.4 Å². The third kappa shape index (κ3) is 4.59. The summed E-state index contributed by atoms with van der Waals surface area (Å²) < 4.78 is 42.4. The van der Waals surface area contributed by atoms with Crippen LogP contribution in [-0.4, -0.2) is 41.7 Å². The highest BCUT2D eigenvalue weighted by Crippen LogP contribution is 2.32. The van der Waals surface area contributed by atoms with Gasteiger partial charge in [-0.3, -0.25) is 4.79 Å². The summed E-state index contributed by atoms with van der Waals surface area (Å²) in [6.07, 6.45) is -0.498. The van der Waals surface area contributed by atoms with Gasteiger partial charge < -0.3 is 15.0 Å². The van der Waals surface area contributed by atoms with Crippen LogP contribution in [0.25, 0.3) is 10.9 Å². The Hall–Kier alpha value is -3.10. The summed E-state index contributed by atoms with van der Waals surface area (Å²) in [5.74, 6) is 0.0973. The lowest BCUT2D eigenvalue weighted by Gasteiger charge is -2.19. The smallest absolute Gasteiger partial charge is 0.422 e. The number of anilines is 2. The molecule has 0 bridgehead atoms. The number of amides is 1. The third-order valence-corrected chi connectivity index (χ3v) is 4.28. The van der Waals surface area contributed by atoms with Gasteiger partial charge >= 0.3 is 12.2 Å². The standard InChI is InChI=1S/C19H19F3N4O2/c1-3-12-7-8-26(10-12)17-14-6-5-13(23-16(27)4-2)9-15(14)24-18(25-17)28-11-19(20,21)22/h3-6,9H,2,7-8,10-11H2,1H3,(H,23,27)/b12-3-. The zero-order valence-electron chi connectivity index (χ0n) is 15.2. The van der Waals surface area contributed by atoms with Crippen LogP contribution in [0.3, 0.4) is 0 Å². The van der Waals surface area contributed by atoms with E-state index in [2.05, 4.69) is 21.9 Å². The highest BCUT2D eigenvalue weighted by Gasteiger charge is 2.29. The van der Waals surface area contributed by atoms with E-state index in [1.54, 1.807) is 18.2 Å². The fourth-order valence-corrected chi connectivity index (χ4v) is 2.91. The second-order valence-corrected chi connectivity index (χ2v) is 6.28. The Balaban J connectivity index is 2.02. The molecule has 3 rings (SSSR count). The van der Waals surface area contributed by atoms with Crippen molar-refractivity contribution in [2.45, 2.75) is 19.5 Å². The van der Waals surface area contributed by atoms with Crippen molar-refractivity contribution in [1.29, 1.82) is 0 Å². The fourth-order valence-electron chi connectivity index (χ4n) is 2.91. The van der Waals surface area contributed by atoms with Crippen LogP contribution >= 0.6 is 0 Å². The van der Waals surface area contributed by atoms with Gasteiger partial charge in [0.2, 0.25) is 5.91 Å². The number of nitrogens with one attached hydrogen (secondary N) is 1. The minimum Gasteiger partial charge on any atom is -0.454 e. The lowest BCUT2D eigenvalue weighted by atomic mass is 10.2. The van der Waals surface area contributed by atoms with Crippen LogP contribution in [0.15, 0.2) is 42.5 Å². The summed E-state index contributed by atoms with van der Waals surface area (Å²) in [4.78, 5) is 21.8. The Morgan fingerprint density at radius 2 is 2.18 bits per heavy atom. The second-order valence-electron chi connectivity index (χ2n) is 6.28. The van der Waals surface area contributed by atoms with Crippen molar-refractivity contribution in [1.82, 2.24) is 9.97 Å². The molecule has 0 atom stereocenters. The van der Waals surface area contributed by atoms with Gasteiger partial charge in [0.05, 0.1) is 5.52 Å². The number of hydrogen-bond donors (Lipinski definition) is 1. The first kappa shape index (κ1) is 19.7. The molecule has 1 aromatic heterocycles. The van der Waals surface area contributed by atoms with Crippen LogP contribution in [0.5, 0.6) is 6.01 Å². The Morgan fingerprint density at radius 1 is 1.39 bits per heavy atom. The molecule has 2 aromatic rings. The van der Waals surface area contributed by atoms with Crippen molar-refractivity contribution in [3.63, 3.8) is 0 Å². The molecular weight excluding hydrogens is 373 g/mol. The Bertz CT molecular complexity index is 941. The number of nitrogens with zero attached hydrogens (tertiary/aromatic N) is 3. The molecule has 1 fully saturated rings. The largest absolute Gasteiger partial charge is 0.454 e. The van der Waals surface area contributed by atoms with Crippen molar-refractivity contribution < 1.29 is 22.7 Å². The maximum atomic E-state index is 12.5. The van der Waals surface area contributed by atoms with E-state index >= 15 is 0 Å². The predicted octanol–water partition coefficient (Wildman–Crippen LogP) is 3.85. The molecule has 9 heteroatoms. The molecule has 1 saturated heterocycles. The summed E-state index contributed by atoms with van der Waals surface area (Å²) in [6, 6.07) is 4.61. The first-order valence-corrected chi connectivity index (χ1v) is 8.63. The number of fused-ring (bicyclic) bond motifs is 1. The molecule has 0 unspecified atom stereocenters. The van der Waals surface area contributed by atoms with Gasteiger partial charge in [-0.2, -0.15) is 23.1 Å². The second kappa shape index (κ2) is 7.87. The van der Waals surface area contributed by atoms with Gasteiger partial charge in [0.25, 0.3) is 0 Å². The zero-order chi connectivity index (χ0) is 20.3. The quantitative estimate of drug-likeness (QED) is 0.618. The van der Waals surface area contributed by atoms with Crippen LogP contribution in [0, 0.1) is 0 Å². The van der Waals surface area contributed by atoms with E-state index in [4.69, 9.17) is 4.74 Å². The third-order valence-electron chi connectivity index (χ3n) is 4.28. The van der Waals surface area contributed by atoms with E-state index in [1.165, 1.54) is 5.57 Å². The number of halogens is 3. The van der Waals surface area contributed by atoms with Crippen molar-refractivity contribution in [2.75, 3.05) is 29.9 Å². The predicted molar refractivity (Wildman–Crippen MR) is 101 cm³/mol. The highest BCUT2D eigenvalue weighted by atomic mass is 19.4. The number of carbonyl (C=O) groups is 1. The Labute approximate surface area is 159 Å². The van der Waals surface area contributed by atoms with E-state index in [9.17, 15) is 18.0 Å². The summed E-state index contributed by atoms with van der Waals surface area (Å²) >= 11 is 0. The molecule has 1 aliphatic rings. The van der Waals surface area contributed by atoms with Crippen LogP contribution in [0.4, 0.5) is 24.7 Å². The van der Waals surface area contributed by atoms with E-state index in [0.29, 0.717) is 35.5 Å². The lowest BCUT2D eigenvalue weighted by molar-refractivity contribution is -0.154. The molecule has 6 nitrogen and oxygen atoms in total. The zero-order valence-corrected chi connectivity index (χ0v) is 15.2. The number of ether oxygens (including phenoxy) is 1. The van der Waals surface area contributed by atoms with Crippen molar-refractivity contribution >= 4 is 28.3 Å². The van der Waals surface area contributed by atoms with Gasteiger partial charge in [0.15, 0.2) is 6.61 Å². The van der Waals surface area contributed by atoms with E-state index in [0.717, 1.165) is 12.5 Å². The van der Waals surface area contributed by atoms with Crippen LogP contribution in [0.1, 0.15) is 13.3 Å². The lowest BCUT2D eigenvalue weighted by Crippen LogP contribution is -2.23. The minimum absolute atomic E-state index is 0.360. The minimum atomic E-state index is -4.50. The number of allylic oxidation sites excluding steroid dienone is 1. The monoisotopic (exact) mass is 392 g/mol. The maximum Gasteiger partial charge on any atom is 0.422 e. The Morgan fingerprint density at radius 3 is 2.82 bits per heavy atom. The summed E-state index contributed by atoms with van der Waals surface area (Å²) in [6.45, 7) is 5.18. The van der Waals surface area contributed by atoms with Crippen LogP contribution < -0.4 is 15.0 Å². The molecule has 0 spiro atoms. The first-order valence-electron chi connectivity index (χ1n) is 8.63. The van der Waals surface area contributed by atoms with Gasteiger partial charge in [0, 0.05) is 24.2 Å². The van der Waals surface area contributed by atoms with Gasteiger partial charge in [-0.25, -0.2) is 0 Å². The van der Waals surface area contributed by atoms with Gasteiger partial charge in [-0.15, -0.1) is 0 Å². The average Bonchev–Trinajstić information content (AvgIpc) is 3.14. The van der Waals surface area contributed by atoms with Crippen molar-refractivity contribution in [2.24, 2.45) is 0 Å². The fraction of sp³-hybridized carbons (Fsp3) is 0.316. The highest BCUT2D eigenvalue weighted by molar-refractivity contribution is 6.01. The van der Waals surface area contributed by atoms with E-state index in [-0.39, 0.29) is 6.01 Å². The van der Waals surface area contributed by atoms with Gasteiger partial charge in [-0.05, 0) is 37.6 Å². The van der Waals surface area contributed by atoms with E-state index in [1.807, 2.05) is 17.9 Å². The summed E-state index contributed by atoms with van der Waals surface area (Å²) in [5, 5.41) is 3.26. The van der Waals surface area contributed by atoms with Crippen LogP contribution in [0.2, 0.25) is 0 Å². The first-order chi connectivity index (χ1) is 13.3. The maximum absolute atomic E-state index is 12.5. The number of carbonyl (C=O) groups excluding carboxylic acids is 1. The summed E-state index contributed by atoms with van der Waals surface area (Å²) in [7, 11) is 0. The molecule has 2 heterocycles. The molecule has 1 N–H and O–H groups in total. The molecule has 1 amide bonds. The normalized spacial score (nSPS) is 15.9.